The van der Waals surface area contributed by atoms with E-state index in [4.69, 9.17) is 22.1 Å². The summed E-state index contributed by atoms with van der Waals surface area (Å²) in [6, 6.07) is 1.74. The van der Waals surface area contributed by atoms with Gasteiger partial charge in [-0.15, -0.1) is 0 Å². The van der Waals surface area contributed by atoms with Gasteiger partial charge in [-0.3, -0.25) is 4.79 Å². The van der Waals surface area contributed by atoms with E-state index in [-0.39, 0.29) is 17.7 Å². The molecule has 0 atom stereocenters. The van der Waals surface area contributed by atoms with E-state index in [1.165, 1.54) is 0 Å². The van der Waals surface area contributed by atoms with E-state index in [0.717, 1.165) is 44.5 Å². The molecule has 0 aliphatic carbocycles. The van der Waals surface area contributed by atoms with Crippen LogP contribution in [0.2, 0.25) is 5.02 Å². The Morgan fingerprint density at radius 3 is 2.68 bits per heavy atom. The lowest BCUT2D eigenvalue weighted by molar-refractivity contribution is -0.117. The number of hydrogen-bond acceptors (Lipinski definition) is 5. The molecule has 1 saturated heterocycles. The Balaban J connectivity index is 1.60. The summed E-state index contributed by atoms with van der Waals surface area (Å²) in [5.41, 5.74) is 7.49. The Hall–Kier alpha value is -1.79. The van der Waals surface area contributed by atoms with Gasteiger partial charge in [-0.2, -0.15) is 0 Å². The molecule has 7 heteroatoms. The number of benzene rings is 1. The van der Waals surface area contributed by atoms with Crippen LogP contribution >= 0.6 is 11.6 Å². The number of nitrogens with one attached hydrogen (secondary N) is 1. The normalized spacial score (nSPS) is 19.1. The van der Waals surface area contributed by atoms with Crippen LogP contribution in [-0.2, 0) is 11.2 Å². The van der Waals surface area contributed by atoms with E-state index in [1.807, 2.05) is 13.8 Å². The highest BCUT2D eigenvalue weighted by atomic mass is 35.5. The fourth-order valence-corrected chi connectivity index (χ4v) is 4.24. The SMILES string of the molecule is CC(=O)CCCN1CCC(NC(=O)c2cc(Cl)c(N)c3c2OC(C)(C)C3)CC1. The Morgan fingerprint density at radius 1 is 1.36 bits per heavy atom. The molecule has 0 radical (unpaired) electrons. The maximum atomic E-state index is 12.9. The smallest absolute Gasteiger partial charge is 0.255 e. The summed E-state index contributed by atoms with van der Waals surface area (Å²) < 4.78 is 6.02. The molecular formula is C21H30ClN3O3. The number of nitrogens with zero attached hydrogens (tertiary/aromatic N) is 1. The maximum Gasteiger partial charge on any atom is 0.255 e. The van der Waals surface area contributed by atoms with Gasteiger partial charge in [-0.25, -0.2) is 0 Å². The summed E-state index contributed by atoms with van der Waals surface area (Å²) in [5.74, 6) is 0.638. The fourth-order valence-electron chi connectivity index (χ4n) is 4.01. The number of piperidine rings is 1. The van der Waals surface area contributed by atoms with Gasteiger partial charge >= 0.3 is 0 Å². The number of rotatable bonds is 6. The minimum Gasteiger partial charge on any atom is -0.486 e. The zero-order valence-electron chi connectivity index (χ0n) is 16.9. The molecule has 3 N–H and O–H groups in total. The Morgan fingerprint density at radius 2 is 2.04 bits per heavy atom. The van der Waals surface area contributed by atoms with Crippen LogP contribution in [0.25, 0.3) is 0 Å². The second kappa shape index (κ2) is 8.29. The Kier molecular flexibility index (Phi) is 6.20. The standard InChI is InChI=1S/C21H30ClN3O3/c1-13(26)5-4-8-25-9-6-14(7-10-25)24-20(27)15-11-17(22)18(23)16-12-21(2,3)28-19(15)16/h11,14H,4-10,12,23H2,1-3H3,(H,24,27). The first-order valence-electron chi connectivity index (χ1n) is 9.99. The lowest BCUT2D eigenvalue weighted by Crippen LogP contribution is -2.45. The van der Waals surface area contributed by atoms with Crippen LogP contribution in [0.15, 0.2) is 6.07 Å². The molecule has 0 spiro atoms. The summed E-state index contributed by atoms with van der Waals surface area (Å²) in [6.45, 7) is 8.37. The third-order valence-corrected chi connectivity index (χ3v) is 5.84. The summed E-state index contributed by atoms with van der Waals surface area (Å²) in [5, 5.41) is 3.53. The molecule has 154 valence electrons. The van der Waals surface area contributed by atoms with Crippen molar-refractivity contribution in [1.82, 2.24) is 10.2 Å². The van der Waals surface area contributed by atoms with Gasteiger partial charge in [0.1, 0.15) is 17.1 Å². The van der Waals surface area contributed by atoms with Crippen LogP contribution in [0.1, 0.15) is 62.4 Å². The van der Waals surface area contributed by atoms with Crippen molar-refractivity contribution in [2.75, 3.05) is 25.4 Å². The third-order valence-electron chi connectivity index (χ3n) is 5.52. The van der Waals surface area contributed by atoms with Gasteiger partial charge in [0.2, 0.25) is 0 Å². The Labute approximate surface area is 171 Å². The topological polar surface area (TPSA) is 84.7 Å². The van der Waals surface area contributed by atoms with Gasteiger partial charge in [-0.1, -0.05) is 11.6 Å². The predicted molar refractivity (Wildman–Crippen MR) is 111 cm³/mol. The largest absolute Gasteiger partial charge is 0.486 e. The molecule has 0 saturated carbocycles. The highest BCUT2D eigenvalue weighted by Crippen LogP contribution is 2.44. The molecule has 2 aliphatic rings. The van der Waals surface area contributed by atoms with E-state index in [1.54, 1.807) is 13.0 Å². The number of ketones is 1. The lowest BCUT2D eigenvalue weighted by atomic mass is 9.98. The van der Waals surface area contributed by atoms with E-state index in [2.05, 4.69) is 10.2 Å². The summed E-state index contributed by atoms with van der Waals surface area (Å²) in [7, 11) is 0. The van der Waals surface area contributed by atoms with Gasteiger partial charge in [-0.05, 0) is 52.6 Å². The van der Waals surface area contributed by atoms with E-state index in [0.29, 0.717) is 34.9 Å². The molecule has 0 unspecified atom stereocenters. The van der Waals surface area contributed by atoms with Crippen LogP contribution in [0.5, 0.6) is 5.75 Å². The van der Waals surface area contributed by atoms with Crippen molar-refractivity contribution in [2.45, 2.75) is 64.5 Å². The number of carbonyl (C=O) groups excluding carboxylic acids is 2. The fraction of sp³-hybridized carbons (Fsp3) is 0.619. The molecule has 3 rings (SSSR count). The molecule has 1 aromatic carbocycles. The molecule has 0 aromatic heterocycles. The highest BCUT2D eigenvalue weighted by Gasteiger charge is 2.36. The zero-order chi connectivity index (χ0) is 20.5. The number of likely N-dealkylation sites (tertiary alicyclic amines) is 1. The van der Waals surface area contributed by atoms with Gasteiger partial charge in [0.15, 0.2) is 0 Å². The average Bonchev–Trinajstić information content (AvgIpc) is 2.95. The number of carbonyl (C=O) groups is 2. The van der Waals surface area contributed by atoms with Crippen molar-refractivity contribution < 1.29 is 14.3 Å². The van der Waals surface area contributed by atoms with E-state index in [9.17, 15) is 9.59 Å². The van der Waals surface area contributed by atoms with Gasteiger partial charge < -0.3 is 25.5 Å². The molecule has 6 nitrogen and oxygen atoms in total. The summed E-state index contributed by atoms with van der Waals surface area (Å²) in [4.78, 5) is 26.4. The number of fused-ring (bicyclic) bond motifs is 1. The first kappa shape index (κ1) is 20.9. The number of ether oxygens (including phenoxy) is 1. The van der Waals surface area contributed by atoms with Crippen LogP contribution in [-0.4, -0.2) is 47.9 Å². The van der Waals surface area contributed by atoms with Gasteiger partial charge in [0.05, 0.1) is 16.3 Å². The molecule has 0 bridgehead atoms. The van der Waals surface area contributed by atoms with Crippen LogP contribution in [0, 0.1) is 0 Å². The molecule has 1 aromatic rings. The number of Topliss-reactive ketones (excluding diaryl/α,β-unsaturated/α-hetero) is 1. The first-order valence-corrected chi connectivity index (χ1v) is 10.4. The van der Waals surface area contributed by atoms with Crippen molar-refractivity contribution in [1.29, 1.82) is 0 Å². The lowest BCUT2D eigenvalue weighted by Gasteiger charge is -2.32. The monoisotopic (exact) mass is 407 g/mol. The first-order chi connectivity index (χ1) is 13.2. The van der Waals surface area contributed by atoms with Crippen molar-refractivity contribution in [3.63, 3.8) is 0 Å². The summed E-state index contributed by atoms with van der Waals surface area (Å²) >= 11 is 6.28. The minimum atomic E-state index is -0.401. The van der Waals surface area contributed by atoms with Crippen molar-refractivity contribution in [3.8, 4) is 5.75 Å². The van der Waals surface area contributed by atoms with Crippen molar-refractivity contribution >= 4 is 29.0 Å². The third kappa shape index (κ3) is 4.78. The second-order valence-corrected chi connectivity index (χ2v) is 8.97. The van der Waals surface area contributed by atoms with Crippen LogP contribution in [0.3, 0.4) is 0 Å². The number of hydrogen-bond donors (Lipinski definition) is 2. The van der Waals surface area contributed by atoms with Crippen LogP contribution in [0.4, 0.5) is 5.69 Å². The average molecular weight is 408 g/mol. The number of amides is 1. The maximum absolute atomic E-state index is 12.9. The quantitative estimate of drug-likeness (QED) is 0.707. The highest BCUT2D eigenvalue weighted by molar-refractivity contribution is 6.33. The molecule has 28 heavy (non-hydrogen) atoms. The molecule has 1 amide bonds. The van der Waals surface area contributed by atoms with E-state index >= 15 is 0 Å². The molecular weight excluding hydrogens is 378 g/mol. The number of anilines is 1. The van der Waals surface area contributed by atoms with Crippen LogP contribution < -0.4 is 15.8 Å². The zero-order valence-corrected chi connectivity index (χ0v) is 17.7. The van der Waals surface area contributed by atoms with Crippen molar-refractivity contribution in [2.24, 2.45) is 0 Å². The molecule has 2 heterocycles. The molecule has 2 aliphatic heterocycles. The minimum absolute atomic E-state index is 0.123. The van der Waals surface area contributed by atoms with Crippen molar-refractivity contribution in [3.05, 3.63) is 22.2 Å². The summed E-state index contributed by atoms with van der Waals surface area (Å²) in [6.07, 6.45) is 3.95. The molecule has 1 fully saturated rings. The second-order valence-electron chi connectivity index (χ2n) is 8.56. The number of halogens is 1. The number of nitrogen functional groups attached to an aromatic ring is 1. The van der Waals surface area contributed by atoms with Gasteiger partial charge in [0.25, 0.3) is 5.91 Å². The van der Waals surface area contributed by atoms with E-state index < -0.39 is 5.60 Å². The predicted octanol–water partition coefficient (Wildman–Crippen LogP) is 3.20. The Bertz CT molecular complexity index is 771. The number of nitrogens with two attached hydrogens (primary N) is 1. The van der Waals surface area contributed by atoms with Gasteiger partial charge in [0, 0.05) is 37.5 Å².